The van der Waals surface area contributed by atoms with Crippen molar-refractivity contribution in [2.24, 2.45) is 0 Å². The van der Waals surface area contributed by atoms with Gasteiger partial charge in [0.15, 0.2) is 6.10 Å². The van der Waals surface area contributed by atoms with Gasteiger partial charge in [-0.2, -0.15) is 0 Å². The molecule has 0 fully saturated rings. The molecule has 0 unspecified atom stereocenters. The molecule has 148 valence electrons. The minimum absolute atomic E-state index is 0.178. The molecule has 0 aliphatic heterocycles. The van der Waals surface area contributed by atoms with Gasteiger partial charge in [0, 0.05) is 28.2 Å². The molecule has 0 bridgehead atoms. The van der Waals surface area contributed by atoms with Crippen molar-refractivity contribution in [3.05, 3.63) is 53.6 Å². The van der Waals surface area contributed by atoms with E-state index in [2.05, 4.69) is 10.6 Å². The summed E-state index contributed by atoms with van der Waals surface area (Å²) in [5, 5.41) is 5.45. The molecule has 0 spiro atoms. The first kappa shape index (κ1) is 21.8. The fourth-order valence-corrected chi connectivity index (χ4v) is 3.15. The molecule has 0 aliphatic carbocycles. The highest BCUT2D eigenvalue weighted by atomic mass is 35.5. The number of hydrogen-bond donors (Lipinski definition) is 2. The first-order chi connectivity index (χ1) is 13.2. The molecular weight excluding hydrogens is 400 g/mol. The zero-order chi connectivity index (χ0) is 20.7. The van der Waals surface area contributed by atoms with E-state index in [4.69, 9.17) is 16.3 Å². The summed E-state index contributed by atoms with van der Waals surface area (Å²) in [5.74, 6) is -1.10. The van der Waals surface area contributed by atoms with Crippen LogP contribution < -0.4 is 10.6 Å². The van der Waals surface area contributed by atoms with Crippen LogP contribution in [0.15, 0.2) is 53.4 Å². The van der Waals surface area contributed by atoms with Crippen LogP contribution in [0.4, 0.5) is 11.4 Å². The lowest BCUT2D eigenvalue weighted by Crippen LogP contribution is -2.32. The summed E-state index contributed by atoms with van der Waals surface area (Å²) in [6, 6.07) is 13.8. The Balaban J connectivity index is 1.85. The number of esters is 1. The molecule has 2 N–H and O–H groups in total. The van der Waals surface area contributed by atoms with Gasteiger partial charge in [-0.05, 0) is 62.4 Å². The lowest BCUT2D eigenvalue weighted by Gasteiger charge is -2.16. The van der Waals surface area contributed by atoms with E-state index in [1.165, 1.54) is 25.6 Å². The third kappa shape index (κ3) is 6.90. The van der Waals surface area contributed by atoms with Gasteiger partial charge >= 0.3 is 5.97 Å². The molecule has 0 saturated heterocycles. The number of nitrogens with one attached hydrogen (secondary N) is 2. The number of anilines is 2. The molecule has 2 amide bonds. The summed E-state index contributed by atoms with van der Waals surface area (Å²) in [7, 11) is 0. The number of carbonyl (C=O) groups is 3. The molecule has 2 aromatic carbocycles. The van der Waals surface area contributed by atoms with E-state index in [1.807, 2.05) is 12.1 Å². The zero-order valence-electron chi connectivity index (χ0n) is 15.7. The van der Waals surface area contributed by atoms with E-state index in [9.17, 15) is 14.4 Å². The summed E-state index contributed by atoms with van der Waals surface area (Å²) in [6.45, 7) is 4.64. The Morgan fingerprint density at radius 3 is 2.00 bits per heavy atom. The maximum absolute atomic E-state index is 12.2. The molecule has 0 saturated carbocycles. The van der Waals surface area contributed by atoms with Crippen LogP contribution in [0.3, 0.4) is 0 Å². The van der Waals surface area contributed by atoms with Crippen LogP contribution in [0.2, 0.25) is 5.02 Å². The van der Waals surface area contributed by atoms with Gasteiger partial charge in [-0.15, -0.1) is 11.8 Å². The van der Waals surface area contributed by atoms with Crippen molar-refractivity contribution in [3.8, 4) is 0 Å². The Hall–Kier alpha value is -2.51. The third-order valence-electron chi connectivity index (χ3n) is 3.59. The molecule has 8 heteroatoms. The Morgan fingerprint density at radius 2 is 1.46 bits per heavy atom. The second-order valence-electron chi connectivity index (χ2n) is 6.04. The van der Waals surface area contributed by atoms with Gasteiger partial charge in [-0.25, -0.2) is 0 Å². The monoisotopic (exact) mass is 420 g/mol. The lowest BCUT2D eigenvalue weighted by atomic mass is 10.2. The minimum atomic E-state index is -0.948. The van der Waals surface area contributed by atoms with E-state index < -0.39 is 23.2 Å². The van der Waals surface area contributed by atoms with E-state index >= 15 is 0 Å². The van der Waals surface area contributed by atoms with Gasteiger partial charge in [0.05, 0.1) is 0 Å². The van der Waals surface area contributed by atoms with Gasteiger partial charge < -0.3 is 15.4 Å². The van der Waals surface area contributed by atoms with Crippen molar-refractivity contribution in [2.45, 2.75) is 37.0 Å². The van der Waals surface area contributed by atoms with Crippen LogP contribution in [0, 0.1) is 0 Å². The summed E-state index contributed by atoms with van der Waals surface area (Å²) in [4.78, 5) is 36.4. The second kappa shape index (κ2) is 10.1. The van der Waals surface area contributed by atoms with E-state index in [0.29, 0.717) is 16.4 Å². The highest BCUT2D eigenvalue weighted by Crippen LogP contribution is 2.25. The first-order valence-electron chi connectivity index (χ1n) is 8.56. The molecular formula is C20H21ClN2O4S. The molecule has 2 rings (SSSR count). The predicted molar refractivity (Wildman–Crippen MR) is 112 cm³/mol. The highest BCUT2D eigenvalue weighted by Gasteiger charge is 2.22. The fraction of sp³-hybridized carbons (Fsp3) is 0.250. The number of hydrogen-bond acceptors (Lipinski definition) is 5. The molecule has 0 radical (unpaired) electrons. The van der Waals surface area contributed by atoms with E-state index in [1.54, 1.807) is 43.3 Å². The SMILES string of the molecule is CC(=O)Nc1ccc(NC(=O)[C@H](C)OC(=O)[C@H](C)Sc2ccc(Cl)cc2)cc1. The Bertz CT molecular complexity index is 840. The second-order valence-corrected chi connectivity index (χ2v) is 7.89. The average molecular weight is 421 g/mol. The number of halogens is 1. The molecule has 28 heavy (non-hydrogen) atoms. The van der Waals surface area contributed by atoms with Crippen LogP contribution >= 0.6 is 23.4 Å². The number of amides is 2. The smallest absolute Gasteiger partial charge is 0.319 e. The lowest BCUT2D eigenvalue weighted by molar-refractivity contribution is -0.152. The van der Waals surface area contributed by atoms with Gasteiger partial charge in [-0.1, -0.05) is 11.6 Å². The van der Waals surface area contributed by atoms with Gasteiger partial charge in [-0.3, -0.25) is 14.4 Å². The van der Waals surface area contributed by atoms with Gasteiger partial charge in [0.2, 0.25) is 5.91 Å². The maximum Gasteiger partial charge on any atom is 0.319 e. The summed E-state index contributed by atoms with van der Waals surface area (Å²) in [6.07, 6.45) is -0.948. The number of rotatable bonds is 7. The average Bonchev–Trinajstić information content (AvgIpc) is 2.64. The van der Waals surface area contributed by atoms with Crippen LogP contribution in [-0.2, 0) is 19.1 Å². The van der Waals surface area contributed by atoms with Gasteiger partial charge in [0.25, 0.3) is 5.91 Å². The number of thioether (sulfide) groups is 1. The molecule has 0 aliphatic rings. The summed E-state index contributed by atoms with van der Waals surface area (Å²) < 4.78 is 5.26. The molecule has 2 atom stereocenters. The number of ether oxygens (including phenoxy) is 1. The zero-order valence-corrected chi connectivity index (χ0v) is 17.3. The van der Waals surface area contributed by atoms with Crippen LogP contribution in [0.25, 0.3) is 0 Å². The maximum atomic E-state index is 12.2. The normalized spacial score (nSPS) is 12.6. The molecule has 6 nitrogen and oxygen atoms in total. The van der Waals surface area contributed by atoms with Crippen molar-refractivity contribution in [3.63, 3.8) is 0 Å². The largest absolute Gasteiger partial charge is 0.452 e. The fourth-order valence-electron chi connectivity index (χ4n) is 2.17. The minimum Gasteiger partial charge on any atom is -0.452 e. The summed E-state index contributed by atoms with van der Waals surface area (Å²) >= 11 is 7.17. The topological polar surface area (TPSA) is 84.5 Å². The van der Waals surface area contributed by atoms with Crippen molar-refractivity contribution < 1.29 is 19.1 Å². The van der Waals surface area contributed by atoms with Gasteiger partial charge in [0.1, 0.15) is 5.25 Å². The Kier molecular flexibility index (Phi) is 7.90. The number of carbonyl (C=O) groups excluding carboxylic acids is 3. The first-order valence-corrected chi connectivity index (χ1v) is 9.81. The molecule has 2 aromatic rings. The summed E-state index contributed by atoms with van der Waals surface area (Å²) in [5.41, 5.74) is 1.16. The highest BCUT2D eigenvalue weighted by molar-refractivity contribution is 8.00. The van der Waals surface area contributed by atoms with Crippen molar-refractivity contribution in [1.82, 2.24) is 0 Å². The Labute approximate surface area is 173 Å². The van der Waals surface area contributed by atoms with E-state index in [0.717, 1.165) is 4.90 Å². The predicted octanol–water partition coefficient (Wildman–Crippen LogP) is 4.35. The van der Waals surface area contributed by atoms with Crippen LogP contribution in [0.5, 0.6) is 0 Å². The van der Waals surface area contributed by atoms with E-state index in [-0.39, 0.29) is 5.91 Å². The van der Waals surface area contributed by atoms with Crippen molar-refractivity contribution in [2.75, 3.05) is 10.6 Å². The van der Waals surface area contributed by atoms with Crippen molar-refractivity contribution >= 4 is 52.5 Å². The Morgan fingerprint density at radius 1 is 0.929 bits per heavy atom. The van der Waals surface area contributed by atoms with Crippen LogP contribution in [-0.4, -0.2) is 29.1 Å². The molecule has 0 aromatic heterocycles. The third-order valence-corrected chi connectivity index (χ3v) is 4.94. The number of benzene rings is 2. The molecule has 0 heterocycles. The van der Waals surface area contributed by atoms with Crippen LogP contribution in [0.1, 0.15) is 20.8 Å². The quantitative estimate of drug-likeness (QED) is 0.513. The van der Waals surface area contributed by atoms with Crippen molar-refractivity contribution in [1.29, 1.82) is 0 Å². The standard InChI is InChI=1S/C20H21ClN2O4S/c1-12(19(25)23-17-8-6-16(7-9-17)22-14(3)24)27-20(26)13(2)28-18-10-4-15(21)5-11-18/h4-13H,1-3H3,(H,22,24)(H,23,25)/t12-,13-/m0/s1.